The second kappa shape index (κ2) is 11.9. The van der Waals surface area contributed by atoms with Gasteiger partial charge in [0.05, 0.1) is 18.8 Å². The average Bonchev–Trinajstić information content (AvgIpc) is 3.38. The maximum atomic E-state index is 13.8. The van der Waals surface area contributed by atoms with Crippen LogP contribution in [0.1, 0.15) is 17.5 Å². The molecule has 1 aliphatic heterocycles. The molecular weight excluding hydrogens is 525 g/mol. The number of halogens is 3. The lowest BCUT2D eigenvalue weighted by atomic mass is 10.0. The van der Waals surface area contributed by atoms with E-state index in [1.807, 2.05) is 0 Å². The number of nitrogens with one attached hydrogen (secondary N) is 3. The Hall–Kier alpha value is -4.23. The van der Waals surface area contributed by atoms with Crippen LogP contribution in [0.5, 0.6) is 0 Å². The van der Waals surface area contributed by atoms with Crippen molar-refractivity contribution in [3.05, 3.63) is 66.2 Å². The maximum Gasteiger partial charge on any atom is 0.416 e. The van der Waals surface area contributed by atoms with Crippen molar-refractivity contribution in [3.8, 4) is 5.69 Å². The number of aryl methyl sites for hydroxylation is 1. The van der Waals surface area contributed by atoms with Crippen LogP contribution in [-0.2, 0) is 17.3 Å². The van der Waals surface area contributed by atoms with Crippen LogP contribution < -0.4 is 16.0 Å². The van der Waals surface area contributed by atoms with Gasteiger partial charge in [-0.05, 0) is 61.3 Å². The van der Waals surface area contributed by atoms with Crippen LogP contribution in [0.15, 0.2) is 55.1 Å². The van der Waals surface area contributed by atoms with E-state index in [4.69, 9.17) is 4.74 Å². The first kappa shape index (κ1) is 27.3. The molecule has 13 heteroatoms. The van der Waals surface area contributed by atoms with Crippen LogP contribution in [0.3, 0.4) is 0 Å². The normalized spacial score (nSPS) is 14.3. The summed E-state index contributed by atoms with van der Waals surface area (Å²) in [6.07, 6.45) is -0.576. The van der Waals surface area contributed by atoms with Crippen LogP contribution in [0.4, 0.5) is 35.2 Å². The van der Waals surface area contributed by atoms with E-state index in [9.17, 15) is 18.0 Å². The molecule has 40 heavy (non-hydrogen) atoms. The van der Waals surface area contributed by atoms with Gasteiger partial charge in [-0.2, -0.15) is 13.2 Å². The highest BCUT2D eigenvalue weighted by atomic mass is 19.4. The SMILES string of the molecule is CNc1ncnc2c1ncn2-c1ccc(NC(=O)Nc2ccc(CCCN3CCOCC3)c(C(F)(F)F)c2)cc1. The van der Waals surface area contributed by atoms with E-state index in [2.05, 4.69) is 35.8 Å². The molecule has 2 amide bonds. The van der Waals surface area contributed by atoms with Gasteiger partial charge in [-0.3, -0.25) is 9.47 Å². The maximum absolute atomic E-state index is 13.8. The molecule has 4 aromatic rings. The third-order valence-corrected chi connectivity index (χ3v) is 6.67. The highest BCUT2D eigenvalue weighted by molar-refractivity contribution is 5.99. The van der Waals surface area contributed by atoms with Crippen molar-refractivity contribution in [1.29, 1.82) is 0 Å². The molecule has 3 N–H and O–H groups in total. The van der Waals surface area contributed by atoms with Gasteiger partial charge in [0, 0.05) is 37.2 Å². The molecule has 2 aromatic carbocycles. The minimum Gasteiger partial charge on any atom is -0.379 e. The summed E-state index contributed by atoms with van der Waals surface area (Å²) in [7, 11) is 1.75. The lowest BCUT2D eigenvalue weighted by molar-refractivity contribution is -0.138. The lowest BCUT2D eigenvalue weighted by Crippen LogP contribution is -2.37. The number of anilines is 3. The van der Waals surface area contributed by atoms with E-state index in [0.29, 0.717) is 55.3 Å². The topological polar surface area (TPSA) is 109 Å². The number of alkyl halides is 3. The number of rotatable bonds is 8. The summed E-state index contributed by atoms with van der Waals surface area (Å²) in [5.74, 6) is 0.605. The van der Waals surface area contributed by atoms with Crippen molar-refractivity contribution >= 4 is 34.4 Å². The number of imidazole rings is 1. The molecule has 5 rings (SSSR count). The first-order valence-electron chi connectivity index (χ1n) is 12.9. The molecule has 210 valence electrons. The first-order chi connectivity index (χ1) is 19.3. The number of hydrogen-bond acceptors (Lipinski definition) is 7. The number of ether oxygens (including phenoxy) is 1. The quantitative estimate of drug-likeness (QED) is 0.288. The molecular formula is C27H29F3N8O2. The Morgan fingerprint density at radius 3 is 2.45 bits per heavy atom. The number of aromatic nitrogens is 4. The minimum absolute atomic E-state index is 0.0586. The Balaban J connectivity index is 1.22. The molecule has 1 aliphatic rings. The number of fused-ring (bicyclic) bond motifs is 1. The number of hydrogen-bond donors (Lipinski definition) is 3. The fraction of sp³-hybridized carbons (Fsp3) is 0.333. The highest BCUT2D eigenvalue weighted by Gasteiger charge is 2.33. The predicted molar refractivity (Wildman–Crippen MR) is 146 cm³/mol. The van der Waals surface area contributed by atoms with Crippen LogP contribution in [0, 0.1) is 0 Å². The van der Waals surface area contributed by atoms with Gasteiger partial charge >= 0.3 is 12.2 Å². The molecule has 0 radical (unpaired) electrons. The van der Waals surface area contributed by atoms with Gasteiger partial charge in [0.1, 0.15) is 12.7 Å². The molecule has 0 aliphatic carbocycles. The zero-order valence-corrected chi connectivity index (χ0v) is 21.8. The summed E-state index contributed by atoms with van der Waals surface area (Å²) in [6, 6.07) is 10.2. The Bertz CT molecular complexity index is 1470. The molecule has 10 nitrogen and oxygen atoms in total. The number of morpholine rings is 1. The van der Waals surface area contributed by atoms with Gasteiger partial charge in [-0.1, -0.05) is 6.07 Å². The molecule has 1 fully saturated rings. The summed E-state index contributed by atoms with van der Waals surface area (Å²) < 4.78 is 48.5. The minimum atomic E-state index is -4.53. The molecule has 0 bridgehead atoms. The van der Waals surface area contributed by atoms with Crippen LogP contribution in [-0.4, -0.2) is 70.3 Å². The molecule has 0 atom stereocenters. The number of carbonyl (C=O) groups is 1. The van der Waals surface area contributed by atoms with Gasteiger partial charge in [0.25, 0.3) is 0 Å². The smallest absolute Gasteiger partial charge is 0.379 e. The fourth-order valence-corrected chi connectivity index (χ4v) is 4.66. The number of benzene rings is 2. The monoisotopic (exact) mass is 554 g/mol. The zero-order valence-electron chi connectivity index (χ0n) is 21.8. The highest BCUT2D eigenvalue weighted by Crippen LogP contribution is 2.34. The Kier molecular flexibility index (Phi) is 8.12. The lowest BCUT2D eigenvalue weighted by Gasteiger charge is -2.26. The van der Waals surface area contributed by atoms with E-state index in [1.54, 1.807) is 42.2 Å². The largest absolute Gasteiger partial charge is 0.416 e. The molecule has 0 saturated carbocycles. The number of carbonyl (C=O) groups excluding carboxylic acids is 1. The Morgan fingerprint density at radius 1 is 1.00 bits per heavy atom. The van der Waals surface area contributed by atoms with Crippen molar-refractivity contribution in [2.75, 3.05) is 55.8 Å². The van der Waals surface area contributed by atoms with E-state index in [1.165, 1.54) is 18.5 Å². The summed E-state index contributed by atoms with van der Waals surface area (Å²) in [4.78, 5) is 27.6. The number of nitrogens with zero attached hydrogens (tertiary/aromatic N) is 5. The van der Waals surface area contributed by atoms with Gasteiger partial charge in [0.2, 0.25) is 0 Å². The second-order valence-corrected chi connectivity index (χ2v) is 9.31. The molecule has 2 aromatic heterocycles. The molecule has 3 heterocycles. The molecule has 0 spiro atoms. The van der Waals surface area contributed by atoms with Crippen LogP contribution >= 0.6 is 0 Å². The summed E-state index contributed by atoms with van der Waals surface area (Å²) in [5, 5.41) is 8.13. The second-order valence-electron chi connectivity index (χ2n) is 9.31. The van der Waals surface area contributed by atoms with Crippen molar-refractivity contribution in [1.82, 2.24) is 24.4 Å². The third-order valence-electron chi connectivity index (χ3n) is 6.67. The summed E-state index contributed by atoms with van der Waals surface area (Å²) in [5.41, 5.74) is 1.98. The van der Waals surface area contributed by atoms with Crippen molar-refractivity contribution in [2.24, 2.45) is 0 Å². The molecule has 0 unspecified atom stereocenters. The van der Waals surface area contributed by atoms with Gasteiger partial charge in [0.15, 0.2) is 17.0 Å². The first-order valence-corrected chi connectivity index (χ1v) is 12.9. The van der Waals surface area contributed by atoms with Gasteiger partial charge in [-0.15, -0.1) is 0 Å². The van der Waals surface area contributed by atoms with Gasteiger partial charge in [-0.25, -0.2) is 19.7 Å². The van der Waals surface area contributed by atoms with Gasteiger partial charge < -0.3 is 20.7 Å². The zero-order chi connectivity index (χ0) is 28.1. The fourth-order valence-electron chi connectivity index (χ4n) is 4.66. The third kappa shape index (κ3) is 6.32. The van der Waals surface area contributed by atoms with E-state index in [-0.39, 0.29) is 11.3 Å². The predicted octanol–water partition coefficient (Wildman–Crippen LogP) is 4.78. The van der Waals surface area contributed by atoms with Crippen molar-refractivity contribution < 1.29 is 22.7 Å². The van der Waals surface area contributed by atoms with Crippen LogP contribution in [0.25, 0.3) is 16.9 Å². The van der Waals surface area contributed by atoms with E-state index in [0.717, 1.165) is 24.8 Å². The Morgan fingerprint density at radius 2 is 1.73 bits per heavy atom. The number of urea groups is 1. The van der Waals surface area contributed by atoms with Crippen LogP contribution in [0.2, 0.25) is 0 Å². The van der Waals surface area contributed by atoms with Crippen molar-refractivity contribution in [2.45, 2.75) is 19.0 Å². The summed E-state index contributed by atoms with van der Waals surface area (Å²) in [6.45, 7) is 3.59. The standard InChI is InChI=1S/C27H29F3N8O2/c1-31-24-23-25(33-16-32-24)38(17-34-23)21-8-6-19(7-9-21)35-26(39)36-20-5-4-18(22(15-20)27(28,29)30)3-2-10-37-11-13-40-14-12-37/h4-9,15-17H,2-3,10-14H2,1H3,(H,31,32,33)(H2,35,36,39). The van der Waals surface area contributed by atoms with E-state index >= 15 is 0 Å². The van der Waals surface area contributed by atoms with Crippen molar-refractivity contribution in [3.63, 3.8) is 0 Å². The molecule has 1 saturated heterocycles. The summed E-state index contributed by atoms with van der Waals surface area (Å²) >= 11 is 0. The Labute approximate surface area is 228 Å². The average molecular weight is 555 g/mol. The van der Waals surface area contributed by atoms with E-state index < -0.39 is 17.8 Å². The number of amides is 2.